The Balaban J connectivity index is 0.862. The molecule has 13 aromatic rings. The van der Waals surface area contributed by atoms with Crippen LogP contribution in [0, 0.1) is 0 Å². The molecule has 0 saturated carbocycles. The maximum atomic E-state index is 5.29. The van der Waals surface area contributed by atoms with Crippen molar-refractivity contribution in [2.45, 2.75) is 11.8 Å². The number of rotatable bonds is 8. The Morgan fingerprint density at radius 1 is 0.211 bits per heavy atom. The van der Waals surface area contributed by atoms with E-state index in [1.165, 1.54) is 33.4 Å². The normalized spacial score (nSPS) is 14.1. The molecule has 2 bridgehead atoms. The third kappa shape index (κ3) is 7.37. The van der Waals surface area contributed by atoms with E-state index in [9.17, 15) is 0 Å². The lowest BCUT2D eigenvalue weighted by Gasteiger charge is -2.42. The quantitative estimate of drug-likeness (QED) is 0.148. The van der Waals surface area contributed by atoms with Crippen molar-refractivity contribution in [2.75, 3.05) is 0 Å². The lowest BCUT2D eigenvalue weighted by molar-refractivity contribution is 0.755. The first-order chi connectivity index (χ1) is 37.6. The second-order valence-corrected chi connectivity index (χ2v) is 19.4. The Labute approximate surface area is 438 Å². The summed E-state index contributed by atoms with van der Waals surface area (Å²) in [6.07, 6.45) is 0. The van der Waals surface area contributed by atoms with Crippen LogP contribution in [0.25, 0.3) is 113 Å². The minimum absolute atomic E-state index is 0.00407. The number of para-hydroxylation sites is 2. The molecule has 16 rings (SSSR count). The molecular formula is C68H42N8. The van der Waals surface area contributed by atoms with Gasteiger partial charge in [0.05, 0.1) is 33.8 Å². The summed E-state index contributed by atoms with van der Waals surface area (Å²) in [5, 5.41) is 1.97. The zero-order chi connectivity index (χ0) is 50.1. The van der Waals surface area contributed by atoms with Crippen LogP contribution in [0.5, 0.6) is 0 Å². The fraction of sp³-hybridized carbons (Fsp3) is 0.0294. The lowest BCUT2D eigenvalue weighted by atomic mass is 9.60. The molecule has 0 spiro atoms. The first kappa shape index (κ1) is 43.4. The fourth-order valence-corrected chi connectivity index (χ4v) is 11.4. The van der Waals surface area contributed by atoms with Crippen molar-refractivity contribution in [1.29, 1.82) is 0 Å². The minimum atomic E-state index is -0.00407. The van der Waals surface area contributed by atoms with E-state index in [1.54, 1.807) is 0 Å². The van der Waals surface area contributed by atoms with E-state index in [0.29, 0.717) is 34.7 Å². The van der Waals surface area contributed by atoms with Gasteiger partial charge in [-0.15, -0.1) is 0 Å². The molecule has 4 heterocycles. The summed E-state index contributed by atoms with van der Waals surface area (Å²) >= 11 is 0. The second-order valence-electron chi connectivity index (χ2n) is 19.4. The van der Waals surface area contributed by atoms with Crippen molar-refractivity contribution in [3.63, 3.8) is 0 Å². The molecular weight excluding hydrogens is 929 g/mol. The molecule has 4 aromatic heterocycles. The number of hydrogen-bond donors (Lipinski definition) is 0. The zero-order valence-electron chi connectivity index (χ0n) is 40.8. The van der Waals surface area contributed by atoms with Crippen LogP contribution in [0.4, 0.5) is 0 Å². The molecule has 0 radical (unpaired) electrons. The molecule has 0 amide bonds. The van der Waals surface area contributed by atoms with Gasteiger partial charge in [0.2, 0.25) is 0 Å². The predicted molar refractivity (Wildman–Crippen MR) is 302 cm³/mol. The average Bonchev–Trinajstić information content (AvgIpc) is 3.65. The fourth-order valence-electron chi connectivity index (χ4n) is 11.4. The van der Waals surface area contributed by atoms with Gasteiger partial charge >= 0.3 is 0 Å². The van der Waals surface area contributed by atoms with Crippen LogP contribution in [-0.2, 0) is 0 Å². The van der Waals surface area contributed by atoms with Crippen LogP contribution in [-0.4, -0.2) is 39.9 Å². The highest BCUT2D eigenvalue weighted by molar-refractivity contribution is 5.95. The summed E-state index contributed by atoms with van der Waals surface area (Å²) in [6, 6.07) is 84.1. The van der Waals surface area contributed by atoms with E-state index < -0.39 is 0 Å². The maximum Gasteiger partial charge on any atom is 0.179 e. The highest BCUT2D eigenvalue weighted by atomic mass is 15.0. The second kappa shape index (κ2) is 17.8. The minimum Gasteiger partial charge on any atom is -0.228 e. The Morgan fingerprint density at radius 2 is 0.553 bits per heavy atom. The molecule has 2 unspecified atom stereocenters. The smallest absolute Gasteiger partial charge is 0.179 e. The Morgan fingerprint density at radius 3 is 0.974 bits per heavy atom. The molecule has 3 aliphatic rings. The standard InChI is InChI=1S/C68H42N8/c1-5-19-41(20-6-1)63-51-29-15-17-31-55(51)69-67(75-63)59-39-57(71-65(73-59)43-23-9-3-10-24-43)45-33-35-49-53(37-45)61-47-27-13-14-28-48(47)62(49)54-38-46(34-36-50(54)61)58-40-60(74-66(72-58)44-25-11-4-12-26-44)68-70-56-32-18-16-30-52(56)64(76-68)42-21-7-2-8-22-42/h1-40,61-62H. The molecule has 0 fully saturated rings. The summed E-state index contributed by atoms with van der Waals surface area (Å²) in [6.45, 7) is 0. The van der Waals surface area contributed by atoms with Crippen molar-refractivity contribution in [3.05, 3.63) is 276 Å². The van der Waals surface area contributed by atoms with Gasteiger partial charge in [-0.05, 0) is 69.8 Å². The Bertz CT molecular complexity index is 4130. The lowest BCUT2D eigenvalue weighted by Crippen LogP contribution is -2.27. The molecule has 8 nitrogen and oxygen atoms in total. The van der Waals surface area contributed by atoms with E-state index in [0.717, 1.165) is 78.0 Å². The number of nitrogens with zero attached hydrogens (tertiary/aromatic N) is 8. The van der Waals surface area contributed by atoms with Gasteiger partial charge in [-0.1, -0.05) is 206 Å². The van der Waals surface area contributed by atoms with Crippen LogP contribution < -0.4 is 0 Å². The predicted octanol–water partition coefficient (Wildman–Crippen LogP) is 15.5. The van der Waals surface area contributed by atoms with Crippen molar-refractivity contribution >= 4 is 21.8 Å². The van der Waals surface area contributed by atoms with E-state index in [4.69, 9.17) is 39.9 Å². The van der Waals surface area contributed by atoms with Crippen molar-refractivity contribution in [1.82, 2.24) is 39.9 Å². The Kier molecular flexibility index (Phi) is 10.2. The van der Waals surface area contributed by atoms with Gasteiger partial charge in [-0.3, -0.25) is 0 Å². The summed E-state index contributed by atoms with van der Waals surface area (Å²) in [5.41, 5.74) is 20.0. The molecule has 354 valence electrons. The first-order valence-electron chi connectivity index (χ1n) is 25.6. The third-order valence-electron chi connectivity index (χ3n) is 14.9. The van der Waals surface area contributed by atoms with Gasteiger partial charge in [0.25, 0.3) is 0 Å². The topological polar surface area (TPSA) is 103 Å². The summed E-state index contributed by atoms with van der Waals surface area (Å²) < 4.78 is 0. The summed E-state index contributed by atoms with van der Waals surface area (Å²) in [5.74, 6) is 2.30. The maximum absolute atomic E-state index is 5.29. The largest absolute Gasteiger partial charge is 0.228 e. The van der Waals surface area contributed by atoms with E-state index >= 15 is 0 Å². The van der Waals surface area contributed by atoms with Crippen molar-refractivity contribution in [3.8, 4) is 90.8 Å². The summed E-state index contributed by atoms with van der Waals surface area (Å²) in [7, 11) is 0. The van der Waals surface area contributed by atoms with E-state index in [1.807, 2.05) is 121 Å². The zero-order valence-corrected chi connectivity index (χ0v) is 40.8. The van der Waals surface area contributed by atoms with Gasteiger partial charge in [0.1, 0.15) is 11.4 Å². The monoisotopic (exact) mass is 970 g/mol. The first-order valence-corrected chi connectivity index (χ1v) is 25.6. The molecule has 0 saturated heterocycles. The van der Waals surface area contributed by atoms with Gasteiger partial charge in [0, 0.05) is 56.0 Å². The van der Waals surface area contributed by atoms with Crippen molar-refractivity contribution in [2.24, 2.45) is 0 Å². The Hall–Kier alpha value is -10.2. The summed E-state index contributed by atoms with van der Waals surface area (Å²) in [4.78, 5) is 41.7. The van der Waals surface area contributed by atoms with Crippen molar-refractivity contribution < 1.29 is 0 Å². The highest BCUT2D eigenvalue weighted by Crippen LogP contribution is 2.57. The highest BCUT2D eigenvalue weighted by Gasteiger charge is 2.41. The van der Waals surface area contributed by atoms with E-state index in [-0.39, 0.29) is 11.8 Å². The molecule has 2 atom stereocenters. The molecule has 3 aliphatic carbocycles. The van der Waals surface area contributed by atoms with Crippen LogP contribution in [0.1, 0.15) is 45.2 Å². The van der Waals surface area contributed by atoms with Gasteiger partial charge in [0.15, 0.2) is 23.3 Å². The van der Waals surface area contributed by atoms with Crippen LogP contribution in [0.15, 0.2) is 243 Å². The molecule has 8 heteroatoms. The molecule has 0 N–H and O–H groups in total. The third-order valence-corrected chi connectivity index (χ3v) is 14.9. The average molecular weight is 971 g/mol. The SMILES string of the molecule is c1ccc(-c2nc(-c3ccc4c(c3)C3c5ccccc5C4c4cc(-c5cc(-c6nc(-c7ccccc7)c7ccccc7n6)nc(-c6ccccc6)n5)ccc43)cc(-c3nc(-c4ccccc4)c4ccccc4n3)n2)cc1. The molecule has 0 aliphatic heterocycles. The van der Waals surface area contributed by atoms with Crippen LogP contribution >= 0.6 is 0 Å². The number of fused-ring (bicyclic) bond motifs is 2. The van der Waals surface area contributed by atoms with E-state index in [2.05, 4.69) is 121 Å². The number of benzene rings is 9. The van der Waals surface area contributed by atoms with Gasteiger partial charge in [-0.2, -0.15) is 0 Å². The number of hydrogen-bond acceptors (Lipinski definition) is 8. The molecule has 76 heavy (non-hydrogen) atoms. The van der Waals surface area contributed by atoms with Crippen LogP contribution in [0.2, 0.25) is 0 Å². The van der Waals surface area contributed by atoms with Gasteiger partial charge < -0.3 is 0 Å². The van der Waals surface area contributed by atoms with Crippen LogP contribution in [0.3, 0.4) is 0 Å². The number of aromatic nitrogens is 8. The van der Waals surface area contributed by atoms with Gasteiger partial charge in [-0.25, -0.2) is 39.9 Å². The molecule has 9 aromatic carbocycles.